The summed E-state index contributed by atoms with van der Waals surface area (Å²) in [5.41, 5.74) is 0. The second-order valence-electron chi connectivity index (χ2n) is 4.53. The first-order chi connectivity index (χ1) is 7.85. The summed E-state index contributed by atoms with van der Waals surface area (Å²) in [6, 6.07) is 0. The molecule has 4 nitrogen and oxygen atoms in total. The quantitative estimate of drug-likeness (QED) is 0.760. The Morgan fingerprint density at radius 2 is 2.06 bits per heavy atom. The summed E-state index contributed by atoms with van der Waals surface area (Å²) in [6.45, 7) is 3.69. The summed E-state index contributed by atoms with van der Waals surface area (Å²) < 4.78 is 11.1. The molecule has 0 aliphatic carbocycles. The molecular weight excluding hydrogens is 264 g/mol. The van der Waals surface area contributed by atoms with Crippen LogP contribution in [0.4, 0.5) is 0 Å². The van der Waals surface area contributed by atoms with Gasteiger partial charge < -0.3 is 19.7 Å². The number of aliphatic hydroxyl groups is 2. The highest BCUT2D eigenvalue weighted by molar-refractivity contribution is 7.99. The number of thioether (sulfide) groups is 1. The van der Waals surface area contributed by atoms with E-state index >= 15 is 0 Å². The van der Waals surface area contributed by atoms with Crippen molar-refractivity contribution >= 4 is 23.4 Å². The summed E-state index contributed by atoms with van der Waals surface area (Å²) in [4.78, 5) is -0.677. The molecule has 0 aromatic carbocycles. The normalized spacial score (nSPS) is 44.6. The van der Waals surface area contributed by atoms with Crippen LogP contribution in [0, 0.1) is 0 Å². The highest BCUT2D eigenvalue weighted by Gasteiger charge is 2.51. The van der Waals surface area contributed by atoms with Crippen LogP contribution >= 0.6 is 23.4 Å². The molecule has 1 heterocycles. The van der Waals surface area contributed by atoms with Gasteiger partial charge in [0.1, 0.15) is 23.2 Å². The highest BCUT2D eigenvalue weighted by atomic mass is 35.5. The monoisotopic (exact) mass is 284 g/mol. The zero-order valence-corrected chi connectivity index (χ0v) is 12.2. The molecule has 0 saturated carbocycles. The van der Waals surface area contributed by atoms with E-state index in [-0.39, 0.29) is 5.38 Å². The van der Waals surface area contributed by atoms with Crippen molar-refractivity contribution in [3.8, 4) is 0 Å². The van der Waals surface area contributed by atoms with E-state index in [0.717, 1.165) is 0 Å². The fourth-order valence-corrected chi connectivity index (χ4v) is 3.04. The van der Waals surface area contributed by atoms with E-state index in [0.29, 0.717) is 6.42 Å². The molecule has 1 aliphatic rings. The van der Waals surface area contributed by atoms with Crippen molar-refractivity contribution in [2.75, 3.05) is 13.4 Å². The van der Waals surface area contributed by atoms with Gasteiger partial charge in [0.05, 0.1) is 6.10 Å². The van der Waals surface area contributed by atoms with Gasteiger partial charge in [0.25, 0.3) is 0 Å². The van der Waals surface area contributed by atoms with E-state index in [1.54, 1.807) is 0 Å². The van der Waals surface area contributed by atoms with Gasteiger partial charge in [-0.3, -0.25) is 0 Å². The zero-order valence-electron chi connectivity index (χ0n) is 10.6. The summed E-state index contributed by atoms with van der Waals surface area (Å²) in [6.07, 6.45) is -0.590. The first kappa shape index (κ1) is 15.5. The van der Waals surface area contributed by atoms with Gasteiger partial charge in [0.15, 0.2) is 0 Å². The van der Waals surface area contributed by atoms with Crippen LogP contribution in [0.5, 0.6) is 0 Å². The van der Waals surface area contributed by atoms with Crippen molar-refractivity contribution in [3.63, 3.8) is 0 Å². The lowest BCUT2D eigenvalue weighted by atomic mass is 9.93. The smallest absolute Gasteiger partial charge is 0.139 e. The van der Waals surface area contributed by atoms with Gasteiger partial charge in [-0.05, 0) is 26.5 Å². The van der Waals surface area contributed by atoms with E-state index < -0.39 is 29.3 Å². The average molecular weight is 285 g/mol. The van der Waals surface area contributed by atoms with Gasteiger partial charge in [0, 0.05) is 12.5 Å². The minimum absolute atomic E-state index is 0.118. The number of hydrogen-bond donors (Lipinski definition) is 2. The lowest BCUT2D eigenvalue weighted by molar-refractivity contribution is -0.237. The van der Waals surface area contributed by atoms with Crippen molar-refractivity contribution < 1.29 is 19.7 Å². The van der Waals surface area contributed by atoms with E-state index in [1.807, 2.05) is 20.1 Å². The van der Waals surface area contributed by atoms with Gasteiger partial charge in [-0.1, -0.05) is 0 Å². The Bertz CT molecular complexity index is 254. The maximum absolute atomic E-state index is 10.1. The Hall–Kier alpha value is 0.480. The lowest BCUT2D eigenvalue weighted by Crippen LogP contribution is -2.62. The third-order valence-corrected chi connectivity index (χ3v) is 4.48. The molecule has 2 N–H and O–H groups in total. The Morgan fingerprint density at radius 3 is 2.47 bits per heavy atom. The predicted octanol–water partition coefficient (Wildman–Crippen LogP) is 1.22. The van der Waals surface area contributed by atoms with Crippen LogP contribution in [0.2, 0.25) is 0 Å². The van der Waals surface area contributed by atoms with Crippen LogP contribution in [0.3, 0.4) is 0 Å². The van der Waals surface area contributed by atoms with Gasteiger partial charge >= 0.3 is 0 Å². The molecule has 1 unspecified atom stereocenters. The molecule has 6 atom stereocenters. The molecule has 0 spiro atoms. The van der Waals surface area contributed by atoms with Crippen molar-refractivity contribution in [2.24, 2.45) is 0 Å². The molecule has 102 valence electrons. The number of hydrogen-bond acceptors (Lipinski definition) is 5. The molecule has 0 aromatic heterocycles. The Balaban J connectivity index is 2.87. The van der Waals surface area contributed by atoms with E-state index in [9.17, 15) is 10.2 Å². The molecule has 0 radical (unpaired) electrons. The number of methoxy groups -OCH3 is 1. The van der Waals surface area contributed by atoms with Crippen molar-refractivity contribution in [2.45, 2.75) is 55.0 Å². The van der Waals surface area contributed by atoms with Crippen LogP contribution in [0.25, 0.3) is 0 Å². The van der Waals surface area contributed by atoms with Crippen molar-refractivity contribution in [1.29, 1.82) is 0 Å². The van der Waals surface area contributed by atoms with Crippen molar-refractivity contribution in [1.82, 2.24) is 0 Å². The Morgan fingerprint density at radius 1 is 1.47 bits per heavy atom. The topological polar surface area (TPSA) is 58.9 Å². The Labute approximate surface area is 112 Å². The first-order valence-electron chi connectivity index (χ1n) is 5.61. The van der Waals surface area contributed by atoms with E-state index in [4.69, 9.17) is 21.1 Å². The molecule has 6 heteroatoms. The SMILES string of the molecule is CO[C@@H]1[C@@H](O)[C@@H](O)[C@@H](CC(C)Cl)O[C@]1(C)SC. The number of alkyl halides is 1. The minimum atomic E-state index is -0.971. The fourth-order valence-electron chi connectivity index (χ4n) is 2.17. The third kappa shape index (κ3) is 3.28. The molecule has 0 bridgehead atoms. The summed E-state index contributed by atoms with van der Waals surface area (Å²) >= 11 is 7.38. The van der Waals surface area contributed by atoms with Crippen LogP contribution in [-0.2, 0) is 9.47 Å². The van der Waals surface area contributed by atoms with Gasteiger partial charge in [0.2, 0.25) is 0 Å². The molecular formula is C11H21ClO4S. The summed E-state index contributed by atoms with van der Waals surface area (Å²) in [7, 11) is 1.50. The van der Waals surface area contributed by atoms with Crippen LogP contribution in [0.1, 0.15) is 20.3 Å². The van der Waals surface area contributed by atoms with E-state index in [1.165, 1.54) is 18.9 Å². The maximum Gasteiger partial charge on any atom is 0.139 e. The predicted molar refractivity (Wildman–Crippen MR) is 69.5 cm³/mol. The molecule has 1 saturated heterocycles. The number of rotatable bonds is 4. The van der Waals surface area contributed by atoms with Crippen molar-refractivity contribution in [3.05, 3.63) is 0 Å². The second kappa shape index (κ2) is 6.08. The fraction of sp³-hybridized carbons (Fsp3) is 1.00. The molecule has 1 aliphatic heterocycles. The minimum Gasteiger partial charge on any atom is -0.388 e. The molecule has 0 aromatic rings. The van der Waals surface area contributed by atoms with Gasteiger partial charge in [-0.15, -0.1) is 23.4 Å². The summed E-state index contributed by atoms with van der Waals surface area (Å²) in [5, 5.41) is 20.0. The maximum atomic E-state index is 10.1. The average Bonchev–Trinajstić information content (AvgIpc) is 2.25. The van der Waals surface area contributed by atoms with Gasteiger partial charge in [-0.2, -0.15) is 0 Å². The molecule has 1 rings (SSSR count). The Kier molecular flexibility index (Phi) is 5.56. The number of ether oxygens (including phenoxy) is 2. The van der Waals surface area contributed by atoms with Crippen LogP contribution in [-0.4, -0.2) is 58.3 Å². The standard InChI is InChI=1S/C11H21ClO4S/c1-6(12)5-7-8(13)9(14)10(15-3)11(2,16-7)17-4/h6-10,13-14H,5H2,1-4H3/t6?,7-,8+,9+,10-,11-/m1/s1. The third-order valence-electron chi connectivity index (χ3n) is 3.16. The van der Waals surface area contributed by atoms with E-state index in [2.05, 4.69) is 0 Å². The zero-order chi connectivity index (χ0) is 13.2. The summed E-state index contributed by atoms with van der Waals surface area (Å²) in [5.74, 6) is 0. The second-order valence-corrected chi connectivity index (χ2v) is 6.49. The van der Waals surface area contributed by atoms with Crippen LogP contribution in [0.15, 0.2) is 0 Å². The first-order valence-corrected chi connectivity index (χ1v) is 7.27. The number of aliphatic hydroxyl groups excluding tert-OH is 2. The molecule has 0 amide bonds. The highest BCUT2D eigenvalue weighted by Crippen LogP contribution is 2.39. The van der Waals surface area contributed by atoms with Gasteiger partial charge in [-0.25, -0.2) is 0 Å². The largest absolute Gasteiger partial charge is 0.388 e. The number of halogens is 1. The lowest BCUT2D eigenvalue weighted by Gasteiger charge is -2.48. The molecule has 17 heavy (non-hydrogen) atoms. The molecule has 1 fully saturated rings. The van der Waals surface area contributed by atoms with Crippen LogP contribution < -0.4 is 0 Å².